The van der Waals surface area contributed by atoms with E-state index in [1.807, 2.05) is 25.1 Å². The SMILES string of the molecule is Cc1ccccc1NC(=O)CCC(=O)O[C@@H](C)C(=O)c1ccccc1. The summed E-state index contributed by atoms with van der Waals surface area (Å²) in [4.78, 5) is 35.9. The maximum atomic E-state index is 12.1. The van der Waals surface area contributed by atoms with Crippen LogP contribution in [0.3, 0.4) is 0 Å². The molecule has 0 unspecified atom stereocenters. The van der Waals surface area contributed by atoms with E-state index in [0.717, 1.165) is 5.56 Å². The fourth-order valence-corrected chi connectivity index (χ4v) is 2.29. The molecule has 0 saturated heterocycles. The maximum Gasteiger partial charge on any atom is 0.307 e. The highest BCUT2D eigenvalue weighted by molar-refractivity contribution is 6.00. The van der Waals surface area contributed by atoms with E-state index in [1.54, 1.807) is 36.4 Å². The Morgan fingerprint density at radius 2 is 1.60 bits per heavy atom. The van der Waals surface area contributed by atoms with Crippen LogP contribution in [0.1, 0.15) is 35.7 Å². The Kier molecular flexibility index (Phi) is 6.46. The van der Waals surface area contributed by atoms with Crippen molar-refractivity contribution in [2.24, 2.45) is 0 Å². The molecule has 0 saturated carbocycles. The van der Waals surface area contributed by atoms with E-state index in [-0.39, 0.29) is 24.5 Å². The molecular weight excluding hydrogens is 318 g/mol. The molecule has 0 spiro atoms. The third-order valence-electron chi connectivity index (χ3n) is 3.71. The lowest BCUT2D eigenvalue weighted by Gasteiger charge is -2.12. The number of rotatable bonds is 7. The van der Waals surface area contributed by atoms with Gasteiger partial charge in [-0.05, 0) is 25.5 Å². The number of benzene rings is 2. The third-order valence-corrected chi connectivity index (χ3v) is 3.71. The number of amides is 1. The standard InChI is InChI=1S/C20H21NO4/c1-14-8-6-7-11-17(14)21-18(22)12-13-19(23)25-15(2)20(24)16-9-4-3-5-10-16/h3-11,15H,12-13H2,1-2H3,(H,21,22)/t15-/m0/s1. The molecular formula is C20H21NO4. The van der Waals surface area contributed by atoms with Gasteiger partial charge in [0.1, 0.15) is 0 Å². The van der Waals surface area contributed by atoms with Crippen LogP contribution in [0.25, 0.3) is 0 Å². The molecule has 2 aromatic carbocycles. The summed E-state index contributed by atoms with van der Waals surface area (Å²) in [5.74, 6) is -1.11. The van der Waals surface area contributed by atoms with Crippen LogP contribution in [-0.2, 0) is 14.3 Å². The van der Waals surface area contributed by atoms with Gasteiger partial charge in [0.25, 0.3) is 0 Å². The number of nitrogens with one attached hydrogen (secondary N) is 1. The summed E-state index contributed by atoms with van der Waals surface area (Å²) in [6.07, 6.45) is -0.960. The first-order valence-electron chi connectivity index (χ1n) is 8.11. The van der Waals surface area contributed by atoms with Gasteiger partial charge < -0.3 is 10.1 Å². The average Bonchev–Trinajstić information content (AvgIpc) is 2.62. The Balaban J connectivity index is 1.79. The molecule has 1 N–H and O–H groups in total. The first-order chi connectivity index (χ1) is 12.0. The van der Waals surface area contributed by atoms with Crippen LogP contribution in [0.5, 0.6) is 0 Å². The van der Waals surface area contributed by atoms with Gasteiger partial charge in [-0.15, -0.1) is 0 Å². The van der Waals surface area contributed by atoms with Gasteiger partial charge in [-0.25, -0.2) is 0 Å². The predicted octanol–water partition coefficient (Wildman–Crippen LogP) is 3.53. The number of aryl methyl sites for hydroxylation is 1. The number of ketones is 1. The van der Waals surface area contributed by atoms with Gasteiger partial charge in [0.15, 0.2) is 6.10 Å². The number of anilines is 1. The molecule has 2 rings (SSSR count). The van der Waals surface area contributed by atoms with E-state index in [4.69, 9.17) is 4.74 Å². The zero-order valence-electron chi connectivity index (χ0n) is 14.3. The first-order valence-corrected chi connectivity index (χ1v) is 8.11. The molecule has 0 aliphatic heterocycles. The van der Waals surface area contributed by atoms with Crippen molar-refractivity contribution in [1.82, 2.24) is 0 Å². The van der Waals surface area contributed by atoms with E-state index in [1.165, 1.54) is 6.92 Å². The van der Waals surface area contributed by atoms with Gasteiger partial charge in [-0.2, -0.15) is 0 Å². The van der Waals surface area contributed by atoms with Gasteiger partial charge in [-0.1, -0.05) is 48.5 Å². The van der Waals surface area contributed by atoms with Crippen molar-refractivity contribution >= 4 is 23.3 Å². The Morgan fingerprint density at radius 1 is 0.960 bits per heavy atom. The minimum absolute atomic E-state index is 0.000580. The topological polar surface area (TPSA) is 72.5 Å². The number of carbonyl (C=O) groups excluding carboxylic acids is 3. The van der Waals surface area contributed by atoms with Gasteiger partial charge in [-0.3, -0.25) is 14.4 Å². The summed E-state index contributed by atoms with van der Waals surface area (Å²) in [6.45, 7) is 3.42. The summed E-state index contributed by atoms with van der Waals surface area (Å²) in [5.41, 5.74) is 2.15. The molecule has 2 aromatic rings. The monoisotopic (exact) mass is 339 g/mol. The number of carbonyl (C=O) groups is 3. The molecule has 5 heteroatoms. The molecule has 25 heavy (non-hydrogen) atoms. The number of hydrogen-bond donors (Lipinski definition) is 1. The second-order valence-electron chi connectivity index (χ2n) is 5.73. The normalized spacial score (nSPS) is 11.4. The minimum atomic E-state index is -0.880. The summed E-state index contributed by atoms with van der Waals surface area (Å²) in [7, 11) is 0. The average molecular weight is 339 g/mol. The zero-order valence-corrected chi connectivity index (χ0v) is 14.3. The quantitative estimate of drug-likeness (QED) is 0.619. The van der Waals surface area contributed by atoms with Crippen molar-refractivity contribution in [3.63, 3.8) is 0 Å². The summed E-state index contributed by atoms with van der Waals surface area (Å²) in [5, 5.41) is 2.75. The summed E-state index contributed by atoms with van der Waals surface area (Å²) in [6, 6.07) is 16.0. The molecule has 5 nitrogen and oxygen atoms in total. The number of hydrogen-bond acceptors (Lipinski definition) is 4. The predicted molar refractivity (Wildman–Crippen MR) is 95.4 cm³/mol. The van der Waals surface area contributed by atoms with Gasteiger partial charge in [0.05, 0.1) is 6.42 Å². The maximum absolute atomic E-state index is 12.1. The Hall–Kier alpha value is -2.95. The Morgan fingerprint density at radius 3 is 2.28 bits per heavy atom. The van der Waals surface area contributed by atoms with Gasteiger partial charge in [0.2, 0.25) is 11.7 Å². The van der Waals surface area contributed by atoms with Crippen molar-refractivity contribution in [2.75, 3.05) is 5.32 Å². The largest absolute Gasteiger partial charge is 0.454 e. The molecule has 0 radical (unpaired) electrons. The lowest BCUT2D eigenvalue weighted by atomic mass is 10.1. The second kappa shape index (κ2) is 8.78. The molecule has 0 aliphatic carbocycles. The van der Waals surface area contributed by atoms with Crippen LogP contribution < -0.4 is 5.32 Å². The van der Waals surface area contributed by atoms with Crippen molar-refractivity contribution in [3.05, 3.63) is 65.7 Å². The van der Waals surface area contributed by atoms with Crippen molar-refractivity contribution in [3.8, 4) is 0 Å². The third kappa shape index (κ3) is 5.57. The van der Waals surface area contributed by atoms with Crippen molar-refractivity contribution in [2.45, 2.75) is 32.8 Å². The molecule has 0 heterocycles. The first kappa shape index (κ1) is 18.4. The zero-order chi connectivity index (χ0) is 18.2. The number of Topliss-reactive ketones (excluding diaryl/α,β-unsaturated/α-hetero) is 1. The van der Waals surface area contributed by atoms with Crippen molar-refractivity contribution < 1.29 is 19.1 Å². The summed E-state index contributed by atoms with van der Waals surface area (Å²) >= 11 is 0. The molecule has 0 aliphatic rings. The van der Waals surface area contributed by atoms with Crippen LogP contribution >= 0.6 is 0 Å². The Labute approximate surface area is 147 Å². The van der Waals surface area contributed by atoms with Crippen LogP contribution in [-0.4, -0.2) is 23.8 Å². The molecule has 0 aromatic heterocycles. The van der Waals surface area contributed by atoms with Gasteiger partial charge >= 0.3 is 5.97 Å². The number of esters is 1. The number of para-hydroxylation sites is 1. The fourth-order valence-electron chi connectivity index (χ4n) is 2.29. The van der Waals surface area contributed by atoms with Crippen molar-refractivity contribution in [1.29, 1.82) is 0 Å². The highest BCUT2D eigenvalue weighted by atomic mass is 16.5. The van der Waals surface area contributed by atoms with E-state index >= 15 is 0 Å². The van der Waals surface area contributed by atoms with E-state index < -0.39 is 12.1 Å². The highest BCUT2D eigenvalue weighted by Crippen LogP contribution is 2.14. The molecule has 1 amide bonds. The summed E-state index contributed by atoms with van der Waals surface area (Å²) < 4.78 is 5.12. The van der Waals surface area contributed by atoms with Crippen LogP contribution in [0.2, 0.25) is 0 Å². The second-order valence-corrected chi connectivity index (χ2v) is 5.73. The lowest BCUT2D eigenvalue weighted by Crippen LogP contribution is -2.25. The smallest absolute Gasteiger partial charge is 0.307 e. The lowest BCUT2D eigenvalue weighted by molar-refractivity contribution is -0.147. The van der Waals surface area contributed by atoms with Crippen LogP contribution in [0.4, 0.5) is 5.69 Å². The van der Waals surface area contributed by atoms with Crippen LogP contribution in [0.15, 0.2) is 54.6 Å². The van der Waals surface area contributed by atoms with E-state index in [9.17, 15) is 14.4 Å². The number of ether oxygens (including phenoxy) is 1. The fraction of sp³-hybridized carbons (Fsp3) is 0.250. The molecule has 130 valence electrons. The van der Waals surface area contributed by atoms with E-state index in [0.29, 0.717) is 11.3 Å². The minimum Gasteiger partial charge on any atom is -0.454 e. The van der Waals surface area contributed by atoms with Gasteiger partial charge in [0, 0.05) is 17.7 Å². The Bertz CT molecular complexity index is 755. The van der Waals surface area contributed by atoms with Crippen LogP contribution in [0, 0.1) is 6.92 Å². The highest BCUT2D eigenvalue weighted by Gasteiger charge is 2.19. The molecule has 0 fully saturated rings. The molecule has 0 bridgehead atoms. The molecule has 1 atom stereocenters. The van der Waals surface area contributed by atoms with E-state index in [2.05, 4.69) is 5.32 Å².